The minimum absolute atomic E-state index is 0.178. The fourth-order valence-corrected chi connectivity index (χ4v) is 4.41. The zero-order valence-electron chi connectivity index (χ0n) is 15.2. The van der Waals surface area contributed by atoms with Crippen molar-refractivity contribution in [1.29, 1.82) is 0 Å². The van der Waals surface area contributed by atoms with Gasteiger partial charge < -0.3 is 5.21 Å². The third kappa shape index (κ3) is 2.66. The largest absolute Gasteiger partial charge is 0.411 e. The maximum atomic E-state index is 9.51. The molecule has 3 aliphatic rings. The smallest absolute Gasteiger partial charge is 0.108 e. The normalized spacial score (nSPS) is 21.2. The first-order valence-corrected chi connectivity index (χ1v) is 9.61. The van der Waals surface area contributed by atoms with Gasteiger partial charge in [-0.15, -0.1) is 0 Å². The molecule has 5 rings (SSSR count). The summed E-state index contributed by atoms with van der Waals surface area (Å²) >= 11 is 0. The second kappa shape index (κ2) is 6.34. The number of rotatable bonds is 4. The molecule has 0 spiro atoms. The third-order valence-corrected chi connectivity index (χ3v) is 5.98. The second-order valence-corrected chi connectivity index (χ2v) is 7.66. The van der Waals surface area contributed by atoms with Gasteiger partial charge in [-0.2, -0.15) is 0 Å². The molecule has 1 heterocycles. The Morgan fingerprint density at radius 3 is 2.15 bits per heavy atom. The van der Waals surface area contributed by atoms with Gasteiger partial charge in [-0.3, -0.25) is 4.99 Å². The quantitative estimate of drug-likeness (QED) is 0.472. The van der Waals surface area contributed by atoms with Gasteiger partial charge in [0.1, 0.15) is 5.71 Å². The molecule has 2 aliphatic carbocycles. The molecule has 1 saturated carbocycles. The summed E-state index contributed by atoms with van der Waals surface area (Å²) in [6, 6.07) is 21.4. The second-order valence-electron chi connectivity index (χ2n) is 7.66. The summed E-state index contributed by atoms with van der Waals surface area (Å²) < 4.78 is 0. The lowest BCUT2D eigenvalue weighted by atomic mass is 9.67. The van der Waals surface area contributed by atoms with E-state index in [1.165, 1.54) is 16.7 Å². The number of allylic oxidation sites excluding steroid dienone is 3. The van der Waals surface area contributed by atoms with Crippen LogP contribution in [-0.4, -0.2) is 23.2 Å². The summed E-state index contributed by atoms with van der Waals surface area (Å²) in [6.07, 6.45) is 7.63. The lowest BCUT2D eigenvalue weighted by Crippen LogP contribution is -2.29. The Kier molecular flexibility index (Phi) is 3.82. The van der Waals surface area contributed by atoms with Crippen LogP contribution >= 0.6 is 0 Å². The topological polar surface area (TPSA) is 45.0 Å². The highest BCUT2D eigenvalue weighted by Gasteiger charge is 2.40. The van der Waals surface area contributed by atoms with Crippen molar-refractivity contribution in [3.05, 3.63) is 95.1 Å². The molecule has 0 aromatic heterocycles. The molecule has 2 aromatic rings. The zero-order valence-corrected chi connectivity index (χ0v) is 15.2. The Morgan fingerprint density at radius 2 is 1.59 bits per heavy atom. The molecular formula is C24H22N2O. The van der Waals surface area contributed by atoms with Crippen LogP contribution < -0.4 is 0 Å². The van der Waals surface area contributed by atoms with E-state index in [2.05, 4.69) is 78.0 Å². The average molecular weight is 354 g/mol. The first-order valence-electron chi connectivity index (χ1n) is 9.61. The summed E-state index contributed by atoms with van der Waals surface area (Å²) in [6.45, 7) is 0.697. The Morgan fingerprint density at radius 1 is 0.963 bits per heavy atom. The molecule has 3 nitrogen and oxygen atoms in total. The third-order valence-electron chi connectivity index (χ3n) is 5.98. The standard InChI is InChI=1S/C24H22N2O/c27-26-22(17-11-12-17)23-21-13-14-24(15-18(21)16-25-23,19-7-3-1-4-8-19)20-9-5-2-6-10-20/h1-10,13-14,17,27H,11-12,15-16H2/b26-22+. The monoisotopic (exact) mass is 354 g/mol. The van der Waals surface area contributed by atoms with Gasteiger partial charge in [-0.1, -0.05) is 78.0 Å². The SMILES string of the molecule is O/N=C(/C1=NCC2=C1C=CC(c1ccccc1)(c1ccccc1)C2)C1CC1. The van der Waals surface area contributed by atoms with E-state index in [4.69, 9.17) is 4.99 Å². The van der Waals surface area contributed by atoms with Gasteiger partial charge in [0, 0.05) is 16.9 Å². The maximum Gasteiger partial charge on any atom is 0.108 e. The van der Waals surface area contributed by atoms with Gasteiger partial charge in [0.2, 0.25) is 0 Å². The van der Waals surface area contributed by atoms with Crippen LogP contribution in [0.15, 0.2) is 94.1 Å². The summed E-state index contributed by atoms with van der Waals surface area (Å²) in [5.74, 6) is 0.379. The molecule has 0 unspecified atom stereocenters. The van der Waals surface area contributed by atoms with Crippen molar-refractivity contribution < 1.29 is 5.21 Å². The minimum atomic E-state index is -0.178. The Hall–Kier alpha value is -2.94. The van der Waals surface area contributed by atoms with Crippen molar-refractivity contribution in [1.82, 2.24) is 0 Å². The Bertz CT molecular complexity index is 940. The highest BCUT2D eigenvalue weighted by molar-refractivity contribution is 6.50. The summed E-state index contributed by atoms with van der Waals surface area (Å²) in [7, 11) is 0. The maximum absolute atomic E-state index is 9.51. The van der Waals surface area contributed by atoms with Crippen molar-refractivity contribution >= 4 is 11.4 Å². The van der Waals surface area contributed by atoms with E-state index in [1.807, 2.05) is 0 Å². The van der Waals surface area contributed by atoms with Crippen molar-refractivity contribution in [2.75, 3.05) is 6.54 Å². The van der Waals surface area contributed by atoms with Crippen LogP contribution in [0.2, 0.25) is 0 Å². The van der Waals surface area contributed by atoms with Crippen molar-refractivity contribution in [2.24, 2.45) is 16.1 Å². The number of benzene rings is 2. The van der Waals surface area contributed by atoms with Crippen LogP contribution in [0.3, 0.4) is 0 Å². The molecular weight excluding hydrogens is 332 g/mol. The van der Waals surface area contributed by atoms with E-state index >= 15 is 0 Å². The van der Waals surface area contributed by atoms with Crippen LogP contribution in [0.5, 0.6) is 0 Å². The van der Waals surface area contributed by atoms with Gasteiger partial charge >= 0.3 is 0 Å². The number of hydrogen-bond donors (Lipinski definition) is 1. The van der Waals surface area contributed by atoms with Gasteiger partial charge in [0.05, 0.1) is 12.3 Å². The van der Waals surface area contributed by atoms with E-state index in [-0.39, 0.29) is 5.41 Å². The summed E-state index contributed by atoms with van der Waals surface area (Å²) in [5, 5.41) is 13.1. The molecule has 1 fully saturated rings. The molecule has 134 valence electrons. The van der Waals surface area contributed by atoms with Crippen LogP contribution in [0, 0.1) is 5.92 Å². The van der Waals surface area contributed by atoms with Crippen molar-refractivity contribution in [3.8, 4) is 0 Å². The fourth-order valence-electron chi connectivity index (χ4n) is 4.41. The van der Waals surface area contributed by atoms with E-state index in [9.17, 15) is 5.21 Å². The molecule has 2 aromatic carbocycles. The van der Waals surface area contributed by atoms with Crippen LogP contribution in [0.25, 0.3) is 0 Å². The van der Waals surface area contributed by atoms with Gasteiger partial charge in [-0.25, -0.2) is 0 Å². The highest BCUT2D eigenvalue weighted by atomic mass is 16.4. The average Bonchev–Trinajstić information content (AvgIpc) is 3.49. The number of nitrogens with zero attached hydrogens (tertiary/aromatic N) is 2. The molecule has 0 amide bonds. The Labute approximate surface area is 159 Å². The molecule has 3 heteroatoms. The van der Waals surface area contributed by atoms with Crippen molar-refractivity contribution in [3.63, 3.8) is 0 Å². The van der Waals surface area contributed by atoms with Gasteiger partial charge in [0.25, 0.3) is 0 Å². The zero-order chi connectivity index (χ0) is 18.3. The number of aliphatic imine (C=N–C) groups is 1. The lowest BCUT2D eigenvalue weighted by Gasteiger charge is -2.35. The molecule has 0 radical (unpaired) electrons. The van der Waals surface area contributed by atoms with E-state index in [1.54, 1.807) is 0 Å². The fraction of sp³-hybridized carbons (Fsp3) is 0.250. The van der Waals surface area contributed by atoms with Crippen LogP contribution in [-0.2, 0) is 5.41 Å². The predicted octanol–water partition coefficient (Wildman–Crippen LogP) is 4.92. The first kappa shape index (κ1) is 16.2. The molecule has 0 bridgehead atoms. The van der Waals surface area contributed by atoms with Gasteiger partial charge in [0.15, 0.2) is 0 Å². The number of hydrogen-bond acceptors (Lipinski definition) is 3. The molecule has 1 aliphatic heterocycles. The van der Waals surface area contributed by atoms with Crippen LogP contribution in [0.1, 0.15) is 30.4 Å². The summed E-state index contributed by atoms with van der Waals surface area (Å²) in [4.78, 5) is 4.77. The van der Waals surface area contributed by atoms with Gasteiger partial charge in [-0.05, 0) is 36.0 Å². The summed E-state index contributed by atoms with van der Waals surface area (Å²) in [5.41, 5.74) is 6.59. The van der Waals surface area contributed by atoms with Crippen molar-refractivity contribution in [2.45, 2.75) is 24.7 Å². The molecule has 1 N–H and O–H groups in total. The van der Waals surface area contributed by atoms with Crippen LogP contribution in [0.4, 0.5) is 0 Å². The van der Waals surface area contributed by atoms with E-state index < -0.39 is 0 Å². The predicted molar refractivity (Wildman–Crippen MR) is 109 cm³/mol. The van der Waals surface area contributed by atoms with E-state index in [0.29, 0.717) is 12.5 Å². The molecule has 27 heavy (non-hydrogen) atoms. The molecule has 0 saturated heterocycles. The first-order chi connectivity index (χ1) is 13.3. The Balaban J connectivity index is 1.57. The lowest BCUT2D eigenvalue weighted by molar-refractivity contribution is 0.318. The highest BCUT2D eigenvalue weighted by Crippen LogP contribution is 2.45. The molecule has 0 atom stereocenters. The number of oxime groups is 1. The van der Waals surface area contributed by atoms with E-state index in [0.717, 1.165) is 36.3 Å². The minimum Gasteiger partial charge on any atom is -0.411 e.